The maximum atomic E-state index is 12.3. The van der Waals surface area contributed by atoms with Gasteiger partial charge >= 0.3 is 39.0 Å². The van der Waals surface area contributed by atoms with Crippen LogP contribution in [0.15, 0.2) is 232 Å². The van der Waals surface area contributed by atoms with Crippen LogP contribution in [0.1, 0.15) is 11.1 Å². The molecule has 1 radical (unpaired) electrons. The van der Waals surface area contributed by atoms with Crippen molar-refractivity contribution in [2.45, 2.75) is 0 Å². The molecule has 0 spiro atoms. The van der Waals surface area contributed by atoms with E-state index in [2.05, 4.69) is 39.9 Å². The van der Waals surface area contributed by atoms with Crippen LogP contribution < -0.4 is 66.1 Å². The average molecular weight is 1360 g/mol. The fraction of sp³-hybridized carbons (Fsp3) is 0. The van der Waals surface area contributed by atoms with Crippen molar-refractivity contribution in [3.8, 4) is 57.1 Å². The normalized spacial score (nSPS) is 10.8. The van der Waals surface area contributed by atoms with Crippen LogP contribution in [-0.2, 0) is 39.0 Å². The summed E-state index contributed by atoms with van der Waals surface area (Å²) < 4.78 is 102. The number of aromatic nitrogens is 8. The third-order valence-corrected chi connectivity index (χ3v) is 9.44. The van der Waals surface area contributed by atoms with Gasteiger partial charge in [-0.2, -0.15) is 0 Å². The molecule has 0 aliphatic heterocycles. The molecule has 8 aromatic heterocycles. The van der Waals surface area contributed by atoms with Crippen molar-refractivity contribution in [1.29, 1.82) is 10.8 Å². The molecule has 0 amide bonds. The van der Waals surface area contributed by atoms with Crippen molar-refractivity contribution < 1.29 is 136 Å². The molecule has 29 heteroatoms. The van der Waals surface area contributed by atoms with Crippen LogP contribution in [0.2, 0.25) is 0 Å². The Bertz CT molecular complexity index is 2920. The predicted octanol–water partition coefficient (Wildman–Crippen LogP) is -4.41. The van der Waals surface area contributed by atoms with E-state index < -0.39 is 30.7 Å². The number of nitrogens with one attached hydrogen (secondary N) is 2. The molecule has 2 aromatic carbocycles. The third kappa shape index (κ3) is 28.7. The maximum absolute atomic E-state index is 12.3. The van der Waals surface area contributed by atoms with E-state index in [4.69, 9.17) is 66.7 Å². The standard InChI is InChI=1S/C14H10N2O2.4C10H8N2.3ClHO4.2Ru/c15-9-5-6-10(16)12-11(9)13(17)7-3-1-2-4-8(7)14(12)18;4*1-3-7-11-9(5-1)10-6-2-4-8-12-10;3*2-1(3,4)5;;/h1-6,15-18H;4*1-8H;3*(H,2,3,4,5);;/q;;;;;;;;+2;+3/p-5. The second-order valence-corrected chi connectivity index (χ2v) is 17.2. The first-order chi connectivity index (χ1) is 38.5. The van der Waals surface area contributed by atoms with Crippen LogP contribution in [0, 0.1) is 41.5 Å². The molecular formula is C54H40Cl3N10O14Ru2. The van der Waals surface area contributed by atoms with Gasteiger partial charge in [0.05, 0.1) is 57.0 Å². The Balaban J connectivity index is 0.000000334. The topological polar surface area (TPSA) is 474 Å². The number of fused-ring (bicyclic) bond motifs is 2. The number of nitrogens with zero attached hydrogens (tertiary/aromatic N) is 8. The molecule has 0 saturated carbocycles. The van der Waals surface area contributed by atoms with Gasteiger partial charge in [-0.05, 0) is 120 Å². The smallest absolute Gasteiger partial charge is 0.872 e. The van der Waals surface area contributed by atoms with Gasteiger partial charge in [0.25, 0.3) is 0 Å². The van der Waals surface area contributed by atoms with E-state index in [1.165, 1.54) is 12.2 Å². The van der Waals surface area contributed by atoms with Gasteiger partial charge < -0.3 is 21.0 Å². The molecule has 24 nitrogen and oxygen atoms in total. The first-order valence-corrected chi connectivity index (χ1v) is 26.1. The van der Waals surface area contributed by atoms with Gasteiger partial charge in [0.1, 0.15) is 0 Å². The summed E-state index contributed by atoms with van der Waals surface area (Å²) in [6.45, 7) is 0. The van der Waals surface area contributed by atoms with Crippen LogP contribution in [0.25, 0.3) is 56.3 Å². The maximum Gasteiger partial charge on any atom is 3.00 e. The zero-order chi connectivity index (χ0) is 59.3. The summed E-state index contributed by atoms with van der Waals surface area (Å²) in [4.78, 5) is 33.5. The predicted molar refractivity (Wildman–Crippen MR) is 256 cm³/mol. The fourth-order valence-corrected chi connectivity index (χ4v) is 6.34. The molecule has 0 fully saturated rings. The van der Waals surface area contributed by atoms with E-state index in [0.717, 1.165) is 45.6 Å². The molecule has 8 heterocycles. The van der Waals surface area contributed by atoms with Gasteiger partial charge in [0.2, 0.25) is 0 Å². The van der Waals surface area contributed by atoms with Gasteiger partial charge in [-0.1, -0.05) is 84.3 Å². The molecule has 11 rings (SSSR count). The van der Waals surface area contributed by atoms with E-state index in [1.807, 2.05) is 146 Å². The van der Waals surface area contributed by atoms with Gasteiger partial charge in [-0.3, -0.25) is 39.9 Å². The summed E-state index contributed by atoms with van der Waals surface area (Å²) >= 11 is 0. The zero-order valence-corrected chi connectivity index (χ0v) is 47.8. The Morgan fingerprint density at radius 3 is 0.542 bits per heavy atom. The summed E-state index contributed by atoms with van der Waals surface area (Å²) in [6.07, 6.45) is 16.9. The molecule has 1 aliphatic rings. The van der Waals surface area contributed by atoms with Gasteiger partial charge in [-0.25, -0.2) is 55.9 Å². The molecule has 1 aliphatic carbocycles. The second-order valence-electron chi connectivity index (χ2n) is 15.0. The van der Waals surface area contributed by atoms with Crippen LogP contribution in [0.5, 0.6) is 11.5 Å². The molecule has 0 atom stereocenters. The Kier molecular flexibility index (Phi) is 31.5. The van der Waals surface area contributed by atoms with Crippen LogP contribution in [0.4, 0.5) is 0 Å². The van der Waals surface area contributed by atoms with Crippen LogP contribution >= 0.6 is 0 Å². The number of rotatable bonds is 4. The number of pyridine rings is 8. The molecule has 0 saturated heterocycles. The average Bonchev–Trinajstić information content (AvgIpc) is 3.42. The van der Waals surface area contributed by atoms with Crippen molar-refractivity contribution in [1.82, 2.24) is 39.9 Å². The Labute approximate surface area is 505 Å². The molecule has 427 valence electrons. The number of hydrogen-bond acceptors (Lipinski definition) is 24. The van der Waals surface area contributed by atoms with Crippen LogP contribution in [-0.4, -0.2) is 51.3 Å². The van der Waals surface area contributed by atoms with Crippen molar-refractivity contribution in [2.75, 3.05) is 0 Å². The SMILES string of the molecule is N=C1C=CC(=N)c2c1c([O-])c1ccccc1c2[O-].[O-][Cl+3]([O-])([O-])[O-].[O-][Cl+3]([O-])([O-])[O-].[O-][Cl+3]([O-])([O-])[O-].[Ru+2].[Ru+3].c1ccc(-c2ccccn2)nc1.c1ccc(-c2ccccn2)nc1.c1ccc(-c2ccccn2)nc1.c1ccc(-c2ccccn2)nc1. The summed E-state index contributed by atoms with van der Waals surface area (Å²) in [5.74, 6) is -0.696. The molecule has 0 unspecified atom stereocenters. The molecule has 10 aromatic rings. The first kappa shape index (κ1) is 71.3. The summed E-state index contributed by atoms with van der Waals surface area (Å²) in [6, 6.07) is 52.9. The first-order valence-electron chi connectivity index (χ1n) is 22.4. The van der Waals surface area contributed by atoms with Crippen molar-refractivity contribution >= 4 is 22.2 Å². The van der Waals surface area contributed by atoms with E-state index in [9.17, 15) is 10.2 Å². The van der Waals surface area contributed by atoms with E-state index in [0.29, 0.717) is 10.8 Å². The Hall–Kier alpha value is -7.78. The molecule has 83 heavy (non-hydrogen) atoms. The van der Waals surface area contributed by atoms with E-state index in [-0.39, 0.29) is 73.0 Å². The molecular weight excluding hydrogens is 1320 g/mol. The number of hydrogen-bond donors (Lipinski definition) is 2. The molecule has 0 bridgehead atoms. The van der Waals surface area contributed by atoms with Gasteiger partial charge in [0, 0.05) is 60.7 Å². The molecule has 2 N–H and O–H groups in total. The van der Waals surface area contributed by atoms with E-state index in [1.54, 1.807) is 73.8 Å². The van der Waals surface area contributed by atoms with E-state index >= 15 is 0 Å². The second kappa shape index (κ2) is 36.6. The number of benzene rings is 2. The summed E-state index contributed by atoms with van der Waals surface area (Å²) in [5, 5.41) is 40.7. The fourth-order valence-electron chi connectivity index (χ4n) is 6.34. The van der Waals surface area contributed by atoms with Gasteiger partial charge in [0.15, 0.2) is 0 Å². The largest absolute Gasteiger partial charge is 3.00 e. The third-order valence-electron chi connectivity index (χ3n) is 9.44. The Morgan fingerprint density at radius 2 is 0.410 bits per heavy atom. The van der Waals surface area contributed by atoms with Crippen molar-refractivity contribution in [2.24, 2.45) is 0 Å². The monoisotopic (exact) mass is 1360 g/mol. The summed E-state index contributed by atoms with van der Waals surface area (Å²) in [7, 11) is -14.8. The number of allylic oxidation sites excluding steroid dienone is 2. The zero-order valence-electron chi connectivity index (χ0n) is 42.1. The van der Waals surface area contributed by atoms with Gasteiger partial charge in [-0.15, -0.1) is 30.7 Å². The summed E-state index contributed by atoms with van der Waals surface area (Å²) in [5.41, 5.74) is 7.40. The van der Waals surface area contributed by atoms with Crippen molar-refractivity contribution in [3.05, 3.63) is 243 Å². The minimum atomic E-state index is -4.94. The number of halogens is 3. The van der Waals surface area contributed by atoms with Crippen molar-refractivity contribution in [3.63, 3.8) is 0 Å². The quantitative estimate of drug-likeness (QED) is 0.157. The minimum Gasteiger partial charge on any atom is -0.872 e. The Morgan fingerprint density at radius 1 is 0.265 bits per heavy atom. The minimum absolute atomic E-state index is 0. The van der Waals surface area contributed by atoms with Crippen LogP contribution in [0.3, 0.4) is 0 Å².